The van der Waals surface area contributed by atoms with Crippen molar-refractivity contribution in [1.29, 1.82) is 0 Å². The Kier molecular flexibility index (Phi) is 5.51. The van der Waals surface area contributed by atoms with Gasteiger partial charge in [0.05, 0.1) is 32.6 Å². The van der Waals surface area contributed by atoms with Crippen molar-refractivity contribution in [1.82, 2.24) is 10.2 Å². The second-order valence-electron chi connectivity index (χ2n) is 5.62. The van der Waals surface area contributed by atoms with Crippen LogP contribution in [0.2, 0.25) is 0 Å². The first-order chi connectivity index (χ1) is 11.8. The summed E-state index contributed by atoms with van der Waals surface area (Å²) in [6.07, 6.45) is 1.66. The second kappa shape index (κ2) is 7.99. The largest absolute Gasteiger partial charge is 0.497 e. The fourth-order valence-corrected chi connectivity index (χ4v) is 2.84. The molecular formula is C18H22N2O4. The molecule has 1 N–H and O–H groups in total. The first-order valence-electron chi connectivity index (χ1n) is 8.05. The molecule has 1 aliphatic heterocycles. The average Bonchev–Trinajstić information content (AvgIpc) is 3.17. The Bertz CT molecular complexity index is 651. The van der Waals surface area contributed by atoms with Gasteiger partial charge in [0.1, 0.15) is 11.5 Å². The van der Waals surface area contributed by atoms with Crippen LogP contribution in [0.5, 0.6) is 5.75 Å². The monoisotopic (exact) mass is 330 g/mol. The lowest BCUT2D eigenvalue weighted by molar-refractivity contribution is 0.0118. The maximum Gasteiger partial charge on any atom is 0.251 e. The van der Waals surface area contributed by atoms with Crippen molar-refractivity contribution in [2.45, 2.75) is 6.04 Å². The Labute approximate surface area is 141 Å². The van der Waals surface area contributed by atoms with Crippen LogP contribution in [0, 0.1) is 0 Å². The van der Waals surface area contributed by atoms with Crippen molar-refractivity contribution in [3.8, 4) is 5.75 Å². The van der Waals surface area contributed by atoms with Crippen molar-refractivity contribution in [2.75, 3.05) is 40.0 Å². The van der Waals surface area contributed by atoms with Gasteiger partial charge < -0.3 is 19.2 Å². The molecule has 1 unspecified atom stereocenters. The van der Waals surface area contributed by atoms with Crippen molar-refractivity contribution in [2.24, 2.45) is 0 Å². The maximum atomic E-state index is 12.4. The number of amides is 1. The first kappa shape index (κ1) is 16.5. The standard InChI is InChI=1S/C18H22N2O4/c1-22-15-5-2-4-14(12-15)18(21)19-13-16(17-6-3-9-24-17)20-7-10-23-11-8-20/h2-6,9,12,16H,7-8,10-11,13H2,1H3,(H,19,21). The summed E-state index contributed by atoms with van der Waals surface area (Å²) in [6, 6.07) is 10.9. The van der Waals surface area contributed by atoms with Crippen LogP contribution in [0.3, 0.4) is 0 Å². The van der Waals surface area contributed by atoms with E-state index in [-0.39, 0.29) is 11.9 Å². The summed E-state index contributed by atoms with van der Waals surface area (Å²) >= 11 is 0. The summed E-state index contributed by atoms with van der Waals surface area (Å²) in [4.78, 5) is 14.7. The number of morpholine rings is 1. The Hall–Kier alpha value is -2.31. The molecule has 6 nitrogen and oxygen atoms in total. The summed E-state index contributed by atoms with van der Waals surface area (Å²) in [6.45, 7) is 3.51. The molecule has 1 aliphatic rings. The minimum absolute atomic E-state index is 0.00143. The third kappa shape index (κ3) is 3.96. The number of carbonyl (C=O) groups is 1. The number of nitrogens with one attached hydrogen (secondary N) is 1. The molecule has 0 bridgehead atoms. The van der Waals surface area contributed by atoms with Crippen molar-refractivity contribution < 1.29 is 18.7 Å². The number of hydrogen-bond donors (Lipinski definition) is 1. The van der Waals surface area contributed by atoms with E-state index in [1.54, 1.807) is 31.6 Å². The number of rotatable bonds is 6. The van der Waals surface area contributed by atoms with Crippen molar-refractivity contribution >= 4 is 5.91 Å². The molecule has 3 rings (SSSR count). The Morgan fingerprint density at radius 3 is 2.83 bits per heavy atom. The Balaban J connectivity index is 1.67. The molecule has 1 atom stereocenters. The topological polar surface area (TPSA) is 63.9 Å². The summed E-state index contributed by atoms with van der Waals surface area (Å²) in [5, 5.41) is 3.00. The van der Waals surface area contributed by atoms with Crippen molar-refractivity contribution in [3.63, 3.8) is 0 Å². The molecule has 0 aliphatic carbocycles. The quantitative estimate of drug-likeness (QED) is 0.879. The second-order valence-corrected chi connectivity index (χ2v) is 5.62. The van der Waals surface area contributed by atoms with Crippen molar-refractivity contribution in [3.05, 3.63) is 54.0 Å². The highest BCUT2D eigenvalue weighted by Crippen LogP contribution is 2.22. The number of furan rings is 1. The molecule has 1 fully saturated rings. The highest BCUT2D eigenvalue weighted by atomic mass is 16.5. The number of methoxy groups -OCH3 is 1. The predicted molar refractivity (Wildman–Crippen MR) is 89.2 cm³/mol. The van der Waals surface area contributed by atoms with E-state index in [0.717, 1.165) is 18.8 Å². The number of benzene rings is 1. The van der Waals surface area contributed by atoms with Gasteiger partial charge in [0, 0.05) is 25.2 Å². The zero-order valence-corrected chi connectivity index (χ0v) is 13.7. The van der Waals surface area contributed by atoms with Crippen LogP contribution in [0.25, 0.3) is 0 Å². The van der Waals surface area contributed by atoms with Gasteiger partial charge in [0.25, 0.3) is 5.91 Å². The maximum absolute atomic E-state index is 12.4. The van der Waals surface area contributed by atoms with Gasteiger partial charge in [-0.1, -0.05) is 6.07 Å². The van der Waals surface area contributed by atoms with Crippen LogP contribution in [0.15, 0.2) is 47.1 Å². The molecule has 128 valence electrons. The molecule has 1 aromatic heterocycles. The molecule has 24 heavy (non-hydrogen) atoms. The number of hydrogen-bond acceptors (Lipinski definition) is 5. The van der Waals surface area contributed by atoms with E-state index in [1.807, 2.05) is 18.2 Å². The lowest BCUT2D eigenvalue weighted by Gasteiger charge is -2.33. The van der Waals surface area contributed by atoms with Gasteiger partial charge in [0.15, 0.2) is 0 Å². The molecule has 1 amide bonds. The van der Waals surface area contributed by atoms with Gasteiger partial charge in [-0.15, -0.1) is 0 Å². The minimum atomic E-state index is -0.126. The molecule has 1 aromatic carbocycles. The van der Waals surface area contributed by atoms with Gasteiger partial charge in [-0.05, 0) is 30.3 Å². The molecule has 6 heteroatoms. The van der Waals surface area contributed by atoms with Crippen LogP contribution in [0.4, 0.5) is 0 Å². The average molecular weight is 330 g/mol. The summed E-state index contributed by atoms with van der Waals surface area (Å²) in [7, 11) is 1.59. The summed E-state index contributed by atoms with van der Waals surface area (Å²) in [5.74, 6) is 1.39. The van der Waals surface area contributed by atoms with Gasteiger partial charge in [-0.25, -0.2) is 0 Å². The highest BCUT2D eigenvalue weighted by molar-refractivity contribution is 5.94. The van der Waals surface area contributed by atoms with E-state index in [1.165, 1.54) is 0 Å². The van der Waals surface area contributed by atoms with Gasteiger partial charge >= 0.3 is 0 Å². The van der Waals surface area contributed by atoms with Gasteiger partial charge in [0.2, 0.25) is 0 Å². The fraction of sp³-hybridized carbons (Fsp3) is 0.389. The number of ether oxygens (including phenoxy) is 2. The summed E-state index contributed by atoms with van der Waals surface area (Å²) in [5.41, 5.74) is 0.578. The van der Waals surface area contributed by atoms with E-state index in [2.05, 4.69) is 10.2 Å². The Morgan fingerprint density at radius 2 is 2.12 bits per heavy atom. The third-order valence-corrected chi connectivity index (χ3v) is 4.15. The van der Waals surface area contributed by atoms with Crippen LogP contribution in [-0.4, -0.2) is 50.8 Å². The molecule has 0 saturated carbocycles. The predicted octanol–water partition coefficient (Wildman–Crippen LogP) is 2.09. The van der Waals surface area contributed by atoms with E-state index in [0.29, 0.717) is 31.1 Å². The molecule has 0 spiro atoms. The molecule has 2 heterocycles. The number of nitrogens with zero attached hydrogens (tertiary/aromatic N) is 1. The highest BCUT2D eigenvalue weighted by Gasteiger charge is 2.25. The van der Waals surface area contributed by atoms with E-state index < -0.39 is 0 Å². The van der Waals surface area contributed by atoms with E-state index in [4.69, 9.17) is 13.9 Å². The zero-order chi connectivity index (χ0) is 16.8. The Morgan fingerprint density at radius 1 is 1.29 bits per heavy atom. The van der Waals surface area contributed by atoms with E-state index in [9.17, 15) is 4.79 Å². The van der Waals surface area contributed by atoms with Crippen LogP contribution >= 0.6 is 0 Å². The fourth-order valence-electron chi connectivity index (χ4n) is 2.84. The summed E-state index contributed by atoms with van der Waals surface area (Å²) < 4.78 is 16.2. The van der Waals surface area contributed by atoms with Crippen LogP contribution in [0.1, 0.15) is 22.2 Å². The molecule has 2 aromatic rings. The smallest absolute Gasteiger partial charge is 0.251 e. The third-order valence-electron chi connectivity index (χ3n) is 4.15. The van der Waals surface area contributed by atoms with E-state index >= 15 is 0 Å². The molecular weight excluding hydrogens is 308 g/mol. The lowest BCUT2D eigenvalue weighted by Crippen LogP contribution is -2.43. The van der Waals surface area contributed by atoms with Crippen LogP contribution < -0.4 is 10.1 Å². The molecule has 1 saturated heterocycles. The van der Waals surface area contributed by atoms with Gasteiger partial charge in [-0.3, -0.25) is 9.69 Å². The minimum Gasteiger partial charge on any atom is -0.497 e. The lowest BCUT2D eigenvalue weighted by atomic mass is 10.1. The van der Waals surface area contributed by atoms with Crippen LogP contribution in [-0.2, 0) is 4.74 Å². The molecule has 0 radical (unpaired) electrons. The first-order valence-corrected chi connectivity index (χ1v) is 8.05. The zero-order valence-electron chi connectivity index (χ0n) is 13.7. The van der Waals surface area contributed by atoms with Gasteiger partial charge in [-0.2, -0.15) is 0 Å². The SMILES string of the molecule is COc1cccc(C(=O)NCC(c2ccco2)N2CCOCC2)c1. The normalized spacial score (nSPS) is 16.5. The number of carbonyl (C=O) groups excluding carboxylic acids is 1.